The largest absolute Gasteiger partial charge is 0.493 e. The first-order valence-electron chi connectivity index (χ1n) is 7.21. The maximum atomic E-state index is 5.69. The van der Waals surface area contributed by atoms with Crippen molar-refractivity contribution in [3.63, 3.8) is 0 Å². The highest BCUT2D eigenvalue weighted by atomic mass is 32.1. The fraction of sp³-hybridized carbons (Fsp3) is 0.400. The molecule has 0 radical (unpaired) electrons. The predicted octanol–water partition coefficient (Wildman–Crippen LogP) is 3.18. The van der Waals surface area contributed by atoms with Gasteiger partial charge in [-0.2, -0.15) is 14.9 Å². The smallest absolute Gasteiger partial charge is 0.216 e. The van der Waals surface area contributed by atoms with Gasteiger partial charge in [-0.3, -0.25) is 5.10 Å². The first-order valence-corrected chi connectivity index (χ1v) is 7.61. The summed E-state index contributed by atoms with van der Waals surface area (Å²) >= 11 is 5.16. The van der Waals surface area contributed by atoms with Crippen molar-refractivity contribution >= 4 is 18.4 Å². The van der Waals surface area contributed by atoms with E-state index in [0.29, 0.717) is 22.9 Å². The number of nitrogens with one attached hydrogen (secondary N) is 1. The summed E-state index contributed by atoms with van der Waals surface area (Å²) in [6.07, 6.45) is 3.41. The van der Waals surface area contributed by atoms with Crippen molar-refractivity contribution in [2.45, 2.75) is 26.7 Å². The Morgan fingerprint density at radius 3 is 2.86 bits per heavy atom. The van der Waals surface area contributed by atoms with E-state index in [9.17, 15) is 0 Å². The maximum absolute atomic E-state index is 5.69. The molecular formula is C15H20N4O2S. The zero-order valence-electron chi connectivity index (χ0n) is 13.0. The molecule has 1 aromatic heterocycles. The Kier molecular flexibility index (Phi) is 5.71. The summed E-state index contributed by atoms with van der Waals surface area (Å²) in [5.74, 6) is 2.21. The number of ether oxygens (including phenoxy) is 2. The molecule has 6 nitrogen and oxygen atoms in total. The number of benzene rings is 1. The Morgan fingerprint density at radius 2 is 2.18 bits per heavy atom. The second kappa shape index (κ2) is 7.74. The van der Waals surface area contributed by atoms with Crippen LogP contribution in [-0.4, -0.2) is 34.8 Å². The van der Waals surface area contributed by atoms with Crippen molar-refractivity contribution in [3.8, 4) is 11.5 Å². The molecule has 7 heteroatoms. The number of aryl methyl sites for hydroxylation is 1. The van der Waals surface area contributed by atoms with Crippen LogP contribution in [0.3, 0.4) is 0 Å². The highest BCUT2D eigenvalue weighted by molar-refractivity contribution is 7.71. The zero-order chi connectivity index (χ0) is 15.9. The van der Waals surface area contributed by atoms with Crippen molar-refractivity contribution in [1.29, 1.82) is 0 Å². The monoisotopic (exact) mass is 320 g/mol. The van der Waals surface area contributed by atoms with Crippen LogP contribution in [-0.2, 0) is 6.42 Å². The van der Waals surface area contributed by atoms with Gasteiger partial charge in [-0.15, -0.1) is 0 Å². The Morgan fingerprint density at radius 1 is 1.36 bits per heavy atom. The number of nitrogens with zero attached hydrogens (tertiary/aromatic N) is 3. The third-order valence-electron chi connectivity index (χ3n) is 3.01. The van der Waals surface area contributed by atoms with Crippen LogP contribution < -0.4 is 9.47 Å². The van der Waals surface area contributed by atoms with Gasteiger partial charge in [0.1, 0.15) is 0 Å². The fourth-order valence-corrected chi connectivity index (χ4v) is 2.09. The van der Waals surface area contributed by atoms with E-state index in [0.717, 1.165) is 24.2 Å². The molecule has 0 saturated carbocycles. The molecule has 0 aliphatic rings. The van der Waals surface area contributed by atoms with Gasteiger partial charge in [-0.1, -0.05) is 13.8 Å². The van der Waals surface area contributed by atoms with Gasteiger partial charge >= 0.3 is 0 Å². The number of H-pyrrole nitrogens is 1. The standard InChI is InChI=1S/C15H20N4O2S/c1-4-8-21-13-9-11(6-7-12(13)20-3)10-16-19-14(5-2)17-18-15(19)22/h6-7,9-10H,4-5,8H2,1-3H3,(H,18,22)/b16-10-. The third-order valence-corrected chi connectivity index (χ3v) is 3.27. The number of hydrogen-bond donors (Lipinski definition) is 1. The quantitative estimate of drug-likeness (QED) is 0.628. The summed E-state index contributed by atoms with van der Waals surface area (Å²) in [5.41, 5.74) is 0.900. The number of methoxy groups -OCH3 is 1. The molecule has 1 N–H and O–H groups in total. The van der Waals surface area contributed by atoms with Crippen LogP contribution in [0.15, 0.2) is 23.3 Å². The van der Waals surface area contributed by atoms with E-state index in [1.165, 1.54) is 0 Å². The minimum absolute atomic E-state index is 0.476. The molecule has 118 valence electrons. The Hall–Kier alpha value is -2.15. The normalized spacial score (nSPS) is 11.0. The molecule has 0 atom stereocenters. The molecule has 0 fully saturated rings. The van der Waals surface area contributed by atoms with Crippen LogP contribution in [0.25, 0.3) is 0 Å². The molecule has 1 aromatic carbocycles. The van der Waals surface area contributed by atoms with Gasteiger partial charge in [0.25, 0.3) is 0 Å². The van der Waals surface area contributed by atoms with Crippen molar-refractivity contribution in [2.75, 3.05) is 13.7 Å². The number of aromatic amines is 1. The molecule has 2 rings (SSSR count). The predicted molar refractivity (Wildman–Crippen MR) is 88.6 cm³/mol. The second-order valence-electron chi connectivity index (χ2n) is 4.61. The summed E-state index contributed by atoms with van der Waals surface area (Å²) < 4.78 is 13.1. The minimum Gasteiger partial charge on any atom is -0.493 e. The highest BCUT2D eigenvalue weighted by Crippen LogP contribution is 2.27. The first kappa shape index (κ1) is 16.2. The van der Waals surface area contributed by atoms with Crippen LogP contribution >= 0.6 is 12.2 Å². The summed E-state index contributed by atoms with van der Waals surface area (Å²) in [7, 11) is 1.63. The van der Waals surface area contributed by atoms with Gasteiger partial charge in [0.15, 0.2) is 17.3 Å². The Bertz CT molecular complexity index is 706. The van der Waals surface area contributed by atoms with E-state index in [2.05, 4.69) is 22.2 Å². The van der Waals surface area contributed by atoms with Gasteiger partial charge in [-0.25, -0.2) is 0 Å². The van der Waals surface area contributed by atoms with E-state index in [1.54, 1.807) is 18.0 Å². The summed E-state index contributed by atoms with van der Waals surface area (Å²) in [6, 6.07) is 5.67. The lowest BCUT2D eigenvalue weighted by molar-refractivity contribution is 0.294. The lowest BCUT2D eigenvalue weighted by Gasteiger charge is -2.10. The topological polar surface area (TPSA) is 64.4 Å². The van der Waals surface area contributed by atoms with Crippen LogP contribution in [0.4, 0.5) is 0 Å². The van der Waals surface area contributed by atoms with Crippen LogP contribution in [0.2, 0.25) is 0 Å². The lowest BCUT2D eigenvalue weighted by Crippen LogP contribution is -2.00. The van der Waals surface area contributed by atoms with Gasteiger partial charge < -0.3 is 9.47 Å². The average molecular weight is 320 g/mol. The summed E-state index contributed by atoms with van der Waals surface area (Å²) in [4.78, 5) is 0. The molecular weight excluding hydrogens is 300 g/mol. The maximum Gasteiger partial charge on any atom is 0.216 e. The van der Waals surface area contributed by atoms with E-state index in [1.807, 2.05) is 25.1 Å². The molecule has 0 aliphatic carbocycles. The zero-order valence-corrected chi connectivity index (χ0v) is 13.8. The van der Waals surface area contributed by atoms with Crippen molar-refractivity contribution in [2.24, 2.45) is 5.10 Å². The Labute approximate surface area is 134 Å². The highest BCUT2D eigenvalue weighted by Gasteiger charge is 2.05. The molecule has 22 heavy (non-hydrogen) atoms. The molecule has 0 saturated heterocycles. The van der Waals surface area contributed by atoms with E-state index in [-0.39, 0.29) is 0 Å². The molecule has 2 aromatic rings. The second-order valence-corrected chi connectivity index (χ2v) is 5.00. The van der Waals surface area contributed by atoms with Gasteiger partial charge in [0.2, 0.25) is 4.77 Å². The van der Waals surface area contributed by atoms with Crippen LogP contribution in [0, 0.1) is 4.77 Å². The minimum atomic E-state index is 0.476. The third kappa shape index (κ3) is 3.73. The average Bonchev–Trinajstić information content (AvgIpc) is 2.91. The Balaban J connectivity index is 2.27. The van der Waals surface area contributed by atoms with Crippen molar-refractivity contribution in [3.05, 3.63) is 34.4 Å². The van der Waals surface area contributed by atoms with E-state index >= 15 is 0 Å². The molecule has 0 amide bonds. The number of rotatable bonds is 7. The van der Waals surface area contributed by atoms with Gasteiger partial charge in [0, 0.05) is 6.42 Å². The van der Waals surface area contributed by atoms with Gasteiger partial charge in [-0.05, 0) is 42.4 Å². The molecule has 0 bridgehead atoms. The number of aromatic nitrogens is 3. The summed E-state index contributed by atoms with van der Waals surface area (Å²) in [5, 5.41) is 11.2. The molecule has 0 aliphatic heterocycles. The number of hydrogen-bond acceptors (Lipinski definition) is 5. The SMILES string of the molecule is CCCOc1cc(/C=N\n2c(CC)n[nH]c2=S)ccc1OC. The van der Waals surface area contributed by atoms with Crippen LogP contribution in [0.5, 0.6) is 11.5 Å². The molecule has 0 unspecified atom stereocenters. The fourth-order valence-electron chi connectivity index (χ4n) is 1.90. The molecule has 1 heterocycles. The van der Waals surface area contributed by atoms with Gasteiger partial charge in [0.05, 0.1) is 19.9 Å². The van der Waals surface area contributed by atoms with Crippen molar-refractivity contribution in [1.82, 2.24) is 14.9 Å². The summed E-state index contributed by atoms with van der Waals surface area (Å²) in [6.45, 7) is 4.70. The van der Waals surface area contributed by atoms with Crippen molar-refractivity contribution < 1.29 is 9.47 Å². The molecule has 0 spiro atoms. The van der Waals surface area contributed by atoms with E-state index in [4.69, 9.17) is 21.7 Å². The first-order chi connectivity index (χ1) is 10.7. The van der Waals surface area contributed by atoms with Crippen LogP contribution in [0.1, 0.15) is 31.7 Å². The van der Waals surface area contributed by atoms with E-state index < -0.39 is 0 Å². The lowest BCUT2D eigenvalue weighted by atomic mass is 10.2.